The second-order valence-electron chi connectivity index (χ2n) is 5.45. The zero-order chi connectivity index (χ0) is 16.9. The van der Waals surface area contributed by atoms with Gasteiger partial charge in [-0.1, -0.05) is 6.07 Å². The van der Waals surface area contributed by atoms with Gasteiger partial charge >= 0.3 is 0 Å². The van der Waals surface area contributed by atoms with Crippen LogP contribution in [0.1, 0.15) is 6.42 Å². The third-order valence-corrected chi connectivity index (χ3v) is 3.80. The average Bonchev–Trinajstić information content (AvgIpc) is 2.62. The molecule has 6 nitrogen and oxygen atoms in total. The molecule has 0 atom stereocenters. The first-order valence-electron chi connectivity index (χ1n) is 7.86. The van der Waals surface area contributed by atoms with Crippen LogP contribution in [0.3, 0.4) is 0 Å². The monoisotopic (exact) mass is 323 g/mol. The van der Waals surface area contributed by atoms with E-state index in [0.29, 0.717) is 18.0 Å². The van der Waals surface area contributed by atoms with Gasteiger partial charge in [0, 0.05) is 23.7 Å². The normalized spacial score (nSPS) is 10.8. The second-order valence-corrected chi connectivity index (χ2v) is 5.45. The summed E-state index contributed by atoms with van der Waals surface area (Å²) >= 11 is 0. The number of hydrogen-bond donors (Lipinski definition) is 3. The van der Waals surface area contributed by atoms with Crippen LogP contribution in [-0.2, 0) is 0 Å². The lowest BCUT2D eigenvalue weighted by Crippen LogP contribution is -2.10. The number of rotatable bonds is 6. The average molecular weight is 323 g/mol. The van der Waals surface area contributed by atoms with E-state index in [1.54, 1.807) is 13.3 Å². The summed E-state index contributed by atoms with van der Waals surface area (Å²) in [6, 6.07) is 11.5. The Hall–Kier alpha value is -2.86. The molecule has 0 aliphatic heterocycles. The van der Waals surface area contributed by atoms with Crippen LogP contribution in [0.25, 0.3) is 22.2 Å². The third-order valence-electron chi connectivity index (χ3n) is 3.80. The highest BCUT2D eigenvalue weighted by Crippen LogP contribution is 2.31. The van der Waals surface area contributed by atoms with Gasteiger partial charge < -0.3 is 21.5 Å². The SMILES string of the molecule is COc1cc(-c2cc3ncccc3c(NCCCN)n2)ccc1N. The first-order chi connectivity index (χ1) is 11.7. The highest BCUT2D eigenvalue weighted by molar-refractivity contribution is 5.92. The van der Waals surface area contributed by atoms with Gasteiger partial charge in [-0.2, -0.15) is 0 Å². The molecule has 1 aromatic carbocycles. The molecule has 124 valence electrons. The zero-order valence-corrected chi connectivity index (χ0v) is 13.6. The Morgan fingerprint density at radius 2 is 2.08 bits per heavy atom. The summed E-state index contributed by atoms with van der Waals surface area (Å²) in [7, 11) is 1.60. The Kier molecular flexibility index (Phi) is 4.77. The molecule has 2 aromatic heterocycles. The molecule has 0 spiro atoms. The fourth-order valence-electron chi connectivity index (χ4n) is 2.54. The number of hydrogen-bond acceptors (Lipinski definition) is 6. The minimum Gasteiger partial charge on any atom is -0.495 e. The standard InChI is InChI=1S/C18H21N5O/c1-24-17-10-12(5-6-14(17)20)15-11-16-13(4-2-8-21-16)18(23-15)22-9-3-7-19/h2,4-6,8,10-11H,3,7,9,19-20H2,1H3,(H,22,23). The molecule has 0 radical (unpaired) electrons. The Balaban J connectivity index is 2.08. The molecule has 0 bridgehead atoms. The van der Waals surface area contributed by atoms with E-state index >= 15 is 0 Å². The lowest BCUT2D eigenvalue weighted by molar-refractivity contribution is 0.417. The van der Waals surface area contributed by atoms with E-state index in [4.69, 9.17) is 21.2 Å². The number of pyridine rings is 2. The van der Waals surface area contributed by atoms with Gasteiger partial charge in [0.15, 0.2) is 0 Å². The highest BCUT2D eigenvalue weighted by Gasteiger charge is 2.10. The number of aromatic nitrogens is 2. The largest absolute Gasteiger partial charge is 0.495 e. The van der Waals surface area contributed by atoms with E-state index < -0.39 is 0 Å². The maximum absolute atomic E-state index is 5.90. The smallest absolute Gasteiger partial charge is 0.142 e. The zero-order valence-electron chi connectivity index (χ0n) is 13.6. The topological polar surface area (TPSA) is 99.1 Å². The van der Waals surface area contributed by atoms with Crippen molar-refractivity contribution in [3.8, 4) is 17.0 Å². The van der Waals surface area contributed by atoms with Gasteiger partial charge in [0.25, 0.3) is 0 Å². The molecule has 5 N–H and O–H groups in total. The predicted octanol–water partition coefficient (Wildman–Crippen LogP) is 2.65. The predicted molar refractivity (Wildman–Crippen MR) is 98.1 cm³/mol. The van der Waals surface area contributed by atoms with E-state index in [-0.39, 0.29) is 0 Å². The van der Waals surface area contributed by atoms with Crippen LogP contribution in [-0.4, -0.2) is 30.2 Å². The number of nitrogens with one attached hydrogen (secondary N) is 1. The van der Waals surface area contributed by atoms with Crippen LogP contribution >= 0.6 is 0 Å². The van der Waals surface area contributed by atoms with Gasteiger partial charge in [0.1, 0.15) is 11.6 Å². The van der Waals surface area contributed by atoms with Gasteiger partial charge in [0.05, 0.1) is 24.0 Å². The molecule has 2 heterocycles. The van der Waals surface area contributed by atoms with E-state index in [1.807, 2.05) is 36.4 Å². The first kappa shape index (κ1) is 16.0. The van der Waals surface area contributed by atoms with E-state index in [1.165, 1.54) is 0 Å². The minimum atomic E-state index is 0.599. The Bertz CT molecular complexity index is 850. The van der Waals surface area contributed by atoms with Crippen molar-refractivity contribution >= 4 is 22.4 Å². The molecule has 24 heavy (non-hydrogen) atoms. The van der Waals surface area contributed by atoms with Gasteiger partial charge in [0.2, 0.25) is 0 Å². The van der Waals surface area contributed by atoms with Crippen molar-refractivity contribution in [2.45, 2.75) is 6.42 Å². The van der Waals surface area contributed by atoms with Gasteiger partial charge in [-0.05, 0) is 43.3 Å². The molecule has 0 saturated carbocycles. The highest BCUT2D eigenvalue weighted by atomic mass is 16.5. The molecule has 0 aliphatic carbocycles. The van der Waals surface area contributed by atoms with Crippen LogP contribution in [0.5, 0.6) is 5.75 Å². The summed E-state index contributed by atoms with van der Waals surface area (Å²) < 4.78 is 5.31. The molecule has 0 fully saturated rings. The minimum absolute atomic E-state index is 0.599. The molecular weight excluding hydrogens is 302 g/mol. The molecule has 0 unspecified atom stereocenters. The van der Waals surface area contributed by atoms with Crippen molar-refractivity contribution in [1.82, 2.24) is 9.97 Å². The van der Waals surface area contributed by atoms with Crippen molar-refractivity contribution in [1.29, 1.82) is 0 Å². The summed E-state index contributed by atoms with van der Waals surface area (Å²) in [6.45, 7) is 1.40. The number of fused-ring (bicyclic) bond motifs is 1. The van der Waals surface area contributed by atoms with Gasteiger partial charge in [-0.3, -0.25) is 4.98 Å². The number of benzene rings is 1. The lowest BCUT2D eigenvalue weighted by atomic mass is 10.1. The van der Waals surface area contributed by atoms with Crippen molar-refractivity contribution in [3.63, 3.8) is 0 Å². The van der Waals surface area contributed by atoms with Crippen LogP contribution in [0.4, 0.5) is 11.5 Å². The second kappa shape index (κ2) is 7.14. The van der Waals surface area contributed by atoms with Crippen LogP contribution < -0.4 is 21.5 Å². The van der Waals surface area contributed by atoms with Gasteiger partial charge in [-0.15, -0.1) is 0 Å². The molecular formula is C18H21N5O. The van der Waals surface area contributed by atoms with E-state index in [2.05, 4.69) is 10.3 Å². The van der Waals surface area contributed by atoms with E-state index in [0.717, 1.165) is 40.9 Å². The molecule has 0 amide bonds. The molecule has 0 saturated heterocycles. The number of nitrogen functional groups attached to an aromatic ring is 1. The maximum atomic E-state index is 5.90. The number of nitrogens with zero attached hydrogens (tertiary/aromatic N) is 2. The molecule has 3 aromatic rings. The quantitative estimate of drug-likeness (QED) is 0.476. The summed E-state index contributed by atoms with van der Waals surface area (Å²) in [5.41, 5.74) is 14.7. The summed E-state index contributed by atoms with van der Waals surface area (Å²) in [4.78, 5) is 9.22. The summed E-state index contributed by atoms with van der Waals surface area (Å²) in [6.07, 6.45) is 2.66. The Morgan fingerprint density at radius 3 is 2.88 bits per heavy atom. The number of ether oxygens (including phenoxy) is 1. The number of methoxy groups -OCH3 is 1. The fraction of sp³-hybridized carbons (Fsp3) is 0.222. The van der Waals surface area contributed by atoms with Crippen molar-refractivity contribution in [2.24, 2.45) is 5.73 Å². The Labute approximate surface area is 140 Å². The number of nitrogens with two attached hydrogens (primary N) is 2. The summed E-state index contributed by atoms with van der Waals surface area (Å²) in [5, 5.41) is 4.34. The van der Waals surface area contributed by atoms with Crippen LogP contribution in [0.15, 0.2) is 42.6 Å². The lowest BCUT2D eigenvalue weighted by Gasteiger charge is -2.12. The van der Waals surface area contributed by atoms with Crippen LogP contribution in [0.2, 0.25) is 0 Å². The molecule has 6 heteroatoms. The van der Waals surface area contributed by atoms with Crippen LogP contribution in [0, 0.1) is 0 Å². The maximum Gasteiger partial charge on any atom is 0.142 e. The van der Waals surface area contributed by atoms with E-state index in [9.17, 15) is 0 Å². The fourth-order valence-corrected chi connectivity index (χ4v) is 2.54. The van der Waals surface area contributed by atoms with Gasteiger partial charge in [-0.25, -0.2) is 4.98 Å². The van der Waals surface area contributed by atoms with Crippen molar-refractivity contribution in [3.05, 3.63) is 42.6 Å². The summed E-state index contributed by atoms with van der Waals surface area (Å²) in [5.74, 6) is 1.44. The number of anilines is 2. The first-order valence-corrected chi connectivity index (χ1v) is 7.86. The Morgan fingerprint density at radius 1 is 1.21 bits per heavy atom. The molecule has 3 rings (SSSR count). The van der Waals surface area contributed by atoms with Crippen molar-refractivity contribution < 1.29 is 4.74 Å². The molecule has 0 aliphatic rings. The third kappa shape index (κ3) is 3.23. The van der Waals surface area contributed by atoms with Crippen molar-refractivity contribution in [2.75, 3.05) is 31.2 Å².